The van der Waals surface area contributed by atoms with Crippen molar-refractivity contribution in [2.75, 3.05) is 29.5 Å². The van der Waals surface area contributed by atoms with E-state index >= 15 is 0 Å². The van der Waals surface area contributed by atoms with Crippen molar-refractivity contribution in [3.05, 3.63) is 75.5 Å². The Labute approximate surface area is 332 Å². The molecule has 18 heteroatoms. The lowest BCUT2D eigenvalue weighted by atomic mass is 10.0. The van der Waals surface area contributed by atoms with E-state index in [1.165, 1.54) is 48.8 Å². The van der Waals surface area contributed by atoms with Gasteiger partial charge in [0.05, 0.1) is 35.3 Å². The van der Waals surface area contributed by atoms with Gasteiger partial charge in [0.15, 0.2) is 11.5 Å². The molecule has 2 fully saturated rings. The van der Waals surface area contributed by atoms with Gasteiger partial charge >= 0.3 is 18.7 Å². The molecule has 2 aliphatic rings. The maximum atomic E-state index is 13.4. The van der Waals surface area contributed by atoms with Crippen LogP contribution in [0.1, 0.15) is 74.0 Å². The summed E-state index contributed by atoms with van der Waals surface area (Å²) in [5.41, 5.74) is -0.329. The second-order valence-corrected chi connectivity index (χ2v) is 17.7. The van der Waals surface area contributed by atoms with Gasteiger partial charge in [-0.05, 0) is 99.7 Å². The number of halogens is 4. The van der Waals surface area contributed by atoms with Gasteiger partial charge in [-0.2, -0.15) is 13.1 Å². The van der Waals surface area contributed by atoms with E-state index in [2.05, 4.69) is 9.72 Å². The van der Waals surface area contributed by atoms with Crippen molar-refractivity contribution >= 4 is 67.9 Å². The van der Waals surface area contributed by atoms with Gasteiger partial charge in [-0.25, -0.2) is 13.2 Å². The summed E-state index contributed by atoms with van der Waals surface area (Å²) in [5.74, 6) is -0.938. The van der Waals surface area contributed by atoms with Crippen molar-refractivity contribution in [1.82, 2.24) is 4.98 Å². The van der Waals surface area contributed by atoms with Crippen molar-refractivity contribution in [1.29, 1.82) is 0 Å². The quantitative estimate of drug-likeness (QED) is 0.120. The summed E-state index contributed by atoms with van der Waals surface area (Å²) < 4.78 is 80.2. The minimum Gasteiger partial charge on any atom is -0.491 e. The lowest BCUT2D eigenvalue weighted by Gasteiger charge is -2.27. The van der Waals surface area contributed by atoms with Gasteiger partial charge < -0.3 is 23.7 Å². The molecule has 2 aliphatic carbocycles. The molecule has 3 aromatic rings. The maximum absolute atomic E-state index is 13.4. The third kappa shape index (κ3) is 12.6. The number of rotatable bonds is 17. The molecular weight excluding hydrogens is 805 g/mol. The minimum absolute atomic E-state index is 0.0338. The van der Waals surface area contributed by atoms with Crippen LogP contribution in [0.3, 0.4) is 0 Å². The molecule has 0 saturated heterocycles. The molecule has 0 aliphatic heterocycles. The van der Waals surface area contributed by atoms with Crippen molar-refractivity contribution in [3.63, 3.8) is 0 Å². The first-order valence-corrected chi connectivity index (χ1v) is 20.8. The highest BCUT2D eigenvalue weighted by molar-refractivity contribution is 8.14. The molecule has 55 heavy (non-hydrogen) atoms. The molecule has 0 radical (unpaired) electrons. The smallest absolute Gasteiger partial charge is 0.429 e. The van der Waals surface area contributed by atoms with Crippen molar-refractivity contribution in [2.24, 2.45) is 11.8 Å². The summed E-state index contributed by atoms with van der Waals surface area (Å²) in [6.45, 7) is 2.19. The first-order valence-electron chi connectivity index (χ1n) is 17.2. The van der Waals surface area contributed by atoms with Crippen LogP contribution >= 0.6 is 35.0 Å². The van der Waals surface area contributed by atoms with Crippen molar-refractivity contribution < 1.29 is 55.3 Å². The number of alkyl halides is 2. The topological polar surface area (TPSA) is 148 Å². The molecule has 2 aromatic carbocycles. The number of pyridine rings is 1. The minimum atomic E-state index is -4.21. The number of thioether (sulfide) groups is 1. The summed E-state index contributed by atoms with van der Waals surface area (Å²) in [7, 11) is -4.21. The van der Waals surface area contributed by atoms with Crippen LogP contribution in [0.15, 0.2) is 48.8 Å². The lowest BCUT2D eigenvalue weighted by Crippen LogP contribution is -2.40. The third-order valence-corrected chi connectivity index (χ3v) is 10.7. The number of hydrogen-bond acceptors (Lipinski definition) is 12. The normalized spacial score (nSPS) is 14.9. The van der Waals surface area contributed by atoms with E-state index in [0.29, 0.717) is 33.1 Å². The molecular formula is C37H40Cl2F2N2O10S2. The van der Waals surface area contributed by atoms with E-state index in [1.54, 1.807) is 20.8 Å². The number of amides is 1. The SMILES string of the molecule is CC(C)(C)OC(=O)N(c1ccc(C(=O)SCC(=O)O[C@@H](Cc2c(Cl)cncc2Cl)c2ccc(OC(F)F)c(OCC3CC3)c2)cc1OCC1CC1)S(C)(=O)=O. The van der Waals surface area contributed by atoms with Crippen LogP contribution < -0.4 is 18.5 Å². The van der Waals surface area contributed by atoms with Gasteiger partial charge in [-0.15, -0.1) is 0 Å². The predicted molar refractivity (Wildman–Crippen MR) is 203 cm³/mol. The Morgan fingerprint density at radius 2 is 1.55 bits per heavy atom. The zero-order valence-electron chi connectivity index (χ0n) is 30.4. The molecule has 12 nitrogen and oxygen atoms in total. The Bertz CT molecular complexity index is 1990. The van der Waals surface area contributed by atoms with Crippen LogP contribution in [0.2, 0.25) is 10.0 Å². The molecule has 1 heterocycles. The number of sulfonamides is 1. The van der Waals surface area contributed by atoms with Crippen molar-refractivity contribution in [2.45, 2.75) is 71.2 Å². The van der Waals surface area contributed by atoms with Crippen LogP contribution in [0.4, 0.5) is 19.3 Å². The summed E-state index contributed by atoms with van der Waals surface area (Å²) in [5, 5.41) is -0.181. The van der Waals surface area contributed by atoms with E-state index in [-0.39, 0.29) is 64.1 Å². The molecule has 0 unspecified atom stereocenters. The molecule has 5 rings (SSSR count). The van der Waals surface area contributed by atoms with E-state index in [1.807, 2.05) is 0 Å². The van der Waals surface area contributed by atoms with Gasteiger partial charge in [0.2, 0.25) is 15.1 Å². The average molecular weight is 846 g/mol. The Morgan fingerprint density at radius 3 is 2.11 bits per heavy atom. The lowest BCUT2D eigenvalue weighted by molar-refractivity contribution is -0.146. The standard InChI is InChI=1S/C37H40Cl2F2N2O10S2/c1-37(2,3)53-36(46)43(55(4,47)48)28-11-9-24(14-31(28)49-18-21-5-6-21)34(45)54-20-33(44)51-30(15-25-26(38)16-42-17-27(25)39)23-10-12-29(52-35(40)41)32(13-23)50-19-22-7-8-22/h9-14,16-17,21-22,30,35H,5-8,15,18-20H2,1-4H3/t30-/m0/s1. The first-order chi connectivity index (χ1) is 25.9. The number of aromatic nitrogens is 1. The van der Waals surface area contributed by atoms with Gasteiger partial charge in [0, 0.05) is 24.4 Å². The summed E-state index contributed by atoms with van der Waals surface area (Å²) in [6, 6.07) is 8.07. The molecule has 2 saturated carbocycles. The second kappa shape index (κ2) is 17.9. The van der Waals surface area contributed by atoms with Crippen molar-refractivity contribution in [3.8, 4) is 17.2 Å². The van der Waals surface area contributed by atoms with E-state index < -0.39 is 51.3 Å². The van der Waals surface area contributed by atoms with Crippen LogP contribution in [0.5, 0.6) is 17.2 Å². The predicted octanol–water partition coefficient (Wildman–Crippen LogP) is 8.67. The summed E-state index contributed by atoms with van der Waals surface area (Å²) in [4.78, 5) is 43.8. The molecule has 0 bridgehead atoms. The number of anilines is 1. The summed E-state index contributed by atoms with van der Waals surface area (Å²) >= 11 is 13.4. The molecule has 298 valence electrons. The van der Waals surface area contributed by atoms with E-state index in [0.717, 1.165) is 31.9 Å². The largest absolute Gasteiger partial charge is 0.491 e. The number of ether oxygens (including phenoxy) is 5. The van der Waals surface area contributed by atoms with E-state index in [9.17, 15) is 31.6 Å². The second-order valence-electron chi connectivity index (χ2n) is 14.1. The highest BCUT2D eigenvalue weighted by Gasteiger charge is 2.34. The summed E-state index contributed by atoms with van der Waals surface area (Å²) in [6.07, 6.45) is 5.05. The fraction of sp³-hybridized carbons (Fsp3) is 0.459. The Kier molecular flexibility index (Phi) is 13.8. The fourth-order valence-corrected chi connectivity index (χ4v) is 7.05. The van der Waals surface area contributed by atoms with Gasteiger partial charge in [-0.1, -0.05) is 41.0 Å². The third-order valence-electron chi connectivity index (χ3n) is 8.14. The van der Waals surface area contributed by atoms with Gasteiger partial charge in [-0.3, -0.25) is 14.6 Å². The average Bonchev–Trinajstić information content (AvgIpc) is 4.02. The van der Waals surface area contributed by atoms with Crippen LogP contribution in [0.25, 0.3) is 0 Å². The highest BCUT2D eigenvalue weighted by Crippen LogP contribution is 2.39. The zero-order valence-corrected chi connectivity index (χ0v) is 33.5. The number of benzene rings is 2. The Balaban J connectivity index is 1.36. The molecule has 1 atom stereocenters. The monoisotopic (exact) mass is 844 g/mol. The van der Waals surface area contributed by atoms with Gasteiger partial charge in [0.1, 0.15) is 23.1 Å². The number of nitrogens with zero attached hydrogens (tertiary/aromatic N) is 2. The van der Waals surface area contributed by atoms with Crippen LogP contribution in [-0.4, -0.2) is 68.0 Å². The van der Waals surface area contributed by atoms with Gasteiger partial charge in [0.25, 0.3) is 0 Å². The number of hydrogen-bond donors (Lipinski definition) is 0. The van der Waals surface area contributed by atoms with E-state index in [4.69, 9.17) is 42.1 Å². The fourth-order valence-electron chi connectivity index (χ4n) is 5.10. The van der Waals surface area contributed by atoms with Crippen LogP contribution in [0, 0.1) is 11.8 Å². The number of carbonyl (C=O) groups is 3. The highest BCUT2D eigenvalue weighted by atomic mass is 35.5. The first kappa shape index (κ1) is 42.3. The number of carbonyl (C=O) groups excluding carboxylic acids is 3. The Morgan fingerprint density at radius 1 is 0.927 bits per heavy atom. The molecule has 1 aromatic heterocycles. The maximum Gasteiger partial charge on any atom is 0.429 e. The number of esters is 1. The Hall–Kier alpha value is -3.86. The zero-order chi connectivity index (χ0) is 40.1. The molecule has 1 amide bonds. The molecule has 0 N–H and O–H groups in total. The molecule has 0 spiro atoms. The van der Waals surface area contributed by atoms with Crippen LogP contribution in [-0.2, 0) is 30.7 Å².